The summed E-state index contributed by atoms with van der Waals surface area (Å²) in [5.41, 5.74) is 9.38. The summed E-state index contributed by atoms with van der Waals surface area (Å²) in [6.45, 7) is 8.15. The third-order valence-corrected chi connectivity index (χ3v) is 5.72. The second kappa shape index (κ2) is 10.8. The van der Waals surface area contributed by atoms with Crippen LogP contribution in [0.15, 0.2) is 84.1 Å². The fourth-order valence-electron chi connectivity index (χ4n) is 3.61. The summed E-state index contributed by atoms with van der Waals surface area (Å²) >= 11 is 0. The first-order chi connectivity index (χ1) is 16.9. The highest BCUT2D eigenvalue weighted by Gasteiger charge is 2.12. The maximum absolute atomic E-state index is 12.4. The van der Waals surface area contributed by atoms with Crippen molar-refractivity contribution >= 4 is 12.1 Å². The summed E-state index contributed by atoms with van der Waals surface area (Å²) in [6, 6.07) is 24.1. The third-order valence-electron chi connectivity index (χ3n) is 5.72. The molecule has 6 heteroatoms. The topological polar surface area (TPSA) is 68.5 Å². The van der Waals surface area contributed by atoms with Gasteiger partial charge in [0.2, 0.25) is 0 Å². The van der Waals surface area contributed by atoms with Gasteiger partial charge in [0.25, 0.3) is 5.91 Å². The number of nitrogens with one attached hydrogen (secondary N) is 1. The molecule has 35 heavy (non-hydrogen) atoms. The first-order valence-electron chi connectivity index (χ1n) is 11.7. The van der Waals surface area contributed by atoms with Crippen LogP contribution in [0.4, 0.5) is 0 Å². The molecule has 0 aliphatic rings. The lowest BCUT2D eigenvalue weighted by molar-refractivity contribution is -0.123. The lowest BCUT2D eigenvalue weighted by Gasteiger charge is -2.12. The van der Waals surface area contributed by atoms with Gasteiger partial charge in [0.05, 0.1) is 11.9 Å². The molecule has 0 unspecified atom stereocenters. The van der Waals surface area contributed by atoms with Crippen LogP contribution in [-0.2, 0) is 4.79 Å². The molecule has 0 saturated heterocycles. The van der Waals surface area contributed by atoms with E-state index in [9.17, 15) is 4.79 Å². The Morgan fingerprint density at radius 2 is 1.80 bits per heavy atom. The van der Waals surface area contributed by atoms with E-state index >= 15 is 0 Å². The van der Waals surface area contributed by atoms with Crippen molar-refractivity contribution in [2.45, 2.75) is 33.6 Å². The van der Waals surface area contributed by atoms with Crippen LogP contribution in [0.25, 0.3) is 16.9 Å². The number of carbonyl (C=O) groups excluding carboxylic acids is 1. The van der Waals surface area contributed by atoms with Gasteiger partial charge in [-0.15, -0.1) is 0 Å². The number of benzene rings is 3. The van der Waals surface area contributed by atoms with Crippen LogP contribution in [0.3, 0.4) is 0 Å². The van der Waals surface area contributed by atoms with Crippen LogP contribution in [-0.4, -0.2) is 28.5 Å². The number of ether oxygens (including phenoxy) is 1. The summed E-state index contributed by atoms with van der Waals surface area (Å²) in [5.74, 6) is 0.764. The van der Waals surface area contributed by atoms with Crippen molar-refractivity contribution in [2.24, 2.45) is 5.10 Å². The van der Waals surface area contributed by atoms with Crippen LogP contribution in [0.1, 0.15) is 42.0 Å². The van der Waals surface area contributed by atoms with Gasteiger partial charge in [-0.2, -0.15) is 10.2 Å². The number of amides is 1. The van der Waals surface area contributed by atoms with E-state index in [2.05, 4.69) is 30.4 Å². The average molecular weight is 467 g/mol. The van der Waals surface area contributed by atoms with Gasteiger partial charge in [-0.05, 0) is 49.1 Å². The fourth-order valence-corrected chi connectivity index (χ4v) is 3.61. The van der Waals surface area contributed by atoms with Crippen molar-refractivity contribution in [2.75, 3.05) is 6.61 Å². The molecule has 1 N–H and O–H groups in total. The van der Waals surface area contributed by atoms with Crippen LogP contribution < -0.4 is 10.2 Å². The molecule has 0 radical (unpaired) electrons. The third kappa shape index (κ3) is 6.03. The van der Waals surface area contributed by atoms with E-state index in [0.717, 1.165) is 28.1 Å². The largest absolute Gasteiger partial charge is 0.483 e. The molecule has 1 heterocycles. The molecule has 0 aliphatic carbocycles. The zero-order chi connectivity index (χ0) is 24.8. The number of aryl methyl sites for hydroxylation is 2. The van der Waals surface area contributed by atoms with Gasteiger partial charge >= 0.3 is 0 Å². The van der Waals surface area contributed by atoms with E-state index in [-0.39, 0.29) is 12.5 Å². The summed E-state index contributed by atoms with van der Waals surface area (Å²) < 4.78 is 7.57. The van der Waals surface area contributed by atoms with Crippen LogP contribution >= 0.6 is 0 Å². The Labute approximate surface area is 206 Å². The molecule has 6 nitrogen and oxygen atoms in total. The minimum Gasteiger partial charge on any atom is -0.483 e. The minimum atomic E-state index is -0.331. The summed E-state index contributed by atoms with van der Waals surface area (Å²) in [7, 11) is 0. The standard InChI is InChI=1S/C29H30N4O2/c1-20(2)24-15-12-22(4)27(16-24)35-19-28(34)31-30-17-25-18-33(26-8-6-5-7-9-26)32-29(25)23-13-10-21(3)11-14-23/h5-18,20H,19H2,1-4H3,(H,31,34)/b30-17+. The van der Waals surface area contributed by atoms with Crippen molar-refractivity contribution < 1.29 is 9.53 Å². The predicted molar refractivity (Wildman–Crippen MR) is 140 cm³/mol. The molecule has 0 bridgehead atoms. The Balaban J connectivity index is 1.48. The molecule has 4 rings (SSSR count). The zero-order valence-corrected chi connectivity index (χ0v) is 20.5. The maximum atomic E-state index is 12.4. The monoisotopic (exact) mass is 466 g/mol. The Kier molecular flexibility index (Phi) is 7.41. The smallest absolute Gasteiger partial charge is 0.277 e. The van der Waals surface area contributed by atoms with Crippen LogP contribution in [0.5, 0.6) is 5.75 Å². The highest BCUT2D eigenvalue weighted by molar-refractivity contribution is 5.89. The van der Waals surface area contributed by atoms with E-state index in [4.69, 9.17) is 9.84 Å². The number of hydrazone groups is 1. The molecule has 0 aliphatic heterocycles. The number of aromatic nitrogens is 2. The number of nitrogens with zero attached hydrogens (tertiary/aromatic N) is 3. The quantitative estimate of drug-likeness (QED) is 0.263. The molecule has 1 aromatic heterocycles. The SMILES string of the molecule is Cc1ccc(-c2nn(-c3ccccc3)cc2/C=N/NC(=O)COc2cc(C(C)C)ccc2C)cc1. The average Bonchev–Trinajstić information content (AvgIpc) is 3.28. The molecule has 3 aromatic carbocycles. The minimum absolute atomic E-state index is 0.117. The van der Waals surface area contributed by atoms with Gasteiger partial charge in [-0.3, -0.25) is 4.79 Å². The summed E-state index contributed by atoms with van der Waals surface area (Å²) in [5, 5.41) is 8.95. The molecular formula is C29H30N4O2. The summed E-state index contributed by atoms with van der Waals surface area (Å²) in [4.78, 5) is 12.4. The first-order valence-corrected chi connectivity index (χ1v) is 11.7. The second-order valence-corrected chi connectivity index (χ2v) is 8.84. The predicted octanol–water partition coefficient (Wildman–Crippen LogP) is 5.81. The highest BCUT2D eigenvalue weighted by atomic mass is 16.5. The van der Waals surface area contributed by atoms with Crippen molar-refractivity contribution in [1.29, 1.82) is 0 Å². The number of rotatable bonds is 8. The Morgan fingerprint density at radius 1 is 1.06 bits per heavy atom. The Bertz CT molecular complexity index is 1320. The molecule has 0 atom stereocenters. The van der Waals surface area contributed by atoms with Gasteiger partial charge in [0, 0.05) is 17.3 Å². The lowest BCUT2D eigenvalue weighted by atomic mass is 10.0. The van der Waals surface area contributed by atoms with E-state index < -0.39 is 0 Å². The maximum Gasteiger partial charge on any atom is 0.277 e. The molecule has 0 saturated carbocycles. The molecule has 1 amide bonds. The number of carbonyl (C=O) groups is 1. The molecule has 0 fully saturated rings. The molecule has 178 valence electrons. The van der Waals surface area contributed by atoms with Gasteiger partial charge in [-0.1, -0.05) is 74.0 Å². The van der Waals surface area contributed by atoms with Crippen molar-refractivity contribution in [1.82, 2.24) is 15.2 Å². The van der Waals surface area contributed by atoms with Crippen LogP contribution in [0, 0.1) is 13.8 Å². The van der Waals surface area contributed by atoms with Crippen LogP contribution in [0.2, 0.25) is 0 Å². The number of hydrogen-bond donors (Lipinski definition) is 1. The van der Waals surface area contributed by atoms with E-state index in [1.807, 2.05) is 91.5 Å². The molecular weight excluding hydrogens is 436 g/mol. The van der Waals surface area contributed by atoms with E-state index in [1.54, 1.807) is 6.21 Å². The summed E-state index contributed by atoms with van der Waals surface area (Å²) in [6.07, 6.45) is 3.52. The zero-order valence-electron chi connectivity index (χ0n) is 20.5. The molecule has 0 spiro atoms. The normalized spacial score (nSPS) is 11.2. The van der Waals surface area contributed by atoms with Gasteiger partial charge in [-0.25, -0.2) is 10.1 Å². The van der Waals surface area contributed by atoms with E-state index in [1.165, 1.54) is 11.1 Å². The number of para-hydroxylation sites is 1. The lowest BCUT2D eigenvalue weighted by Crippen LogP contribution is -2.24. The van der Waals surface area contributed by atoms with Crippen molar-refractivity contribution in [3.8, 4) is 22.7 Å². The number of hydrogen-bond acceptors (Lipinski definition) is 4. The Hall–Kier alpha value is -4.19. The highest BCUT2D eigenvalue weighted by Crippen LogP contribution is 2.25. The fraction of sp³-hybridized carbons (Fsp3) is 0.207. The van der Waals surface area contributed by atoms with E-state index in [0.29, 0.717) is 11.7 Å². The van der Waals surface area contributed by atoms with Gasteiger partial charge < -0.3 is 4.74 Å². The Morgan fingerprint density at radius 3 is 2.51 bits per heavy atom. The van der Waals surface area contributed by atoms with Gasteiger partial charge in [0.15, 0.2) is 6.61 Å². The first kappa shape index (κ1) is 24.0. The van der Waals surface area contributed by atoms with Crippen molar-refractivity contribution in [3.05, 3.63) is 101 Å². The van der Waals surface area contributed by atoms with Gasteiger partial charge in [0.1, 0.15) is 11.4 Å². The second-order valence-electron chi connectivity index (χ2n) is 8.84. The molecule has 4 aromatic rings. The van der Waals surface area contributed by atoms with Crippen molar-refractivity contribution in [3.63, 3.8) is 0 Å².